The van der Waals surface area contributed by atoms with Gasteiger partial charge >= 0.3 is 23.9 Å². The number of aromatic amines is 2. The molecule has 0 spiro atoms. The fraction of sp³-hybridized carbons (Fsp3) is 0.300. The Labute approximate surface area is 299 Å². The first-order valence-electron chi connectivity index (χ1n) is 16.8. The molecule has 0 fully saturated rings. The summed E-state index contributed by atoms with van der Waals surface area (Å²) in [5.41, 5.74) is 9.40. The first-order chi connectivity index (χ1) is 24.7. The second-order valence-corrected chi connectivity index (χ2v) is 13.3. The van der Waals surface area contributed by atoms with E-state index in [9.17, 15) is 29.4 Å². The number of aryl methyl sites for hydroxylation is 4. The van der Waals surface area contributed by atoms with Gasteiger partial charge in [-0.2, -0.15) is 0 Å². The molecule has 1 unspecified atom stereocenters. The van der Waals surface area contributed by atoms with Gasteiger partial charge in [0, 0.05) is 40.5 Å². The zero-order valence-electron chi connectivity index (χ0n) is 29.9. The lowest BCUT2D eigenvalue weighted by Crippen LogP contribution is -2.42. The largest absolute Gasteiger partial charge is 0.481 e. The maximum Gasteiger partial charge on any atom is 0.334 e. The molecule has 52 heavy (non-hydrogen) atoms. The molecule has 6 rings (SSSR count). The zero-order valence-corrected chi connectivity index (χ0v) is 29.9. The molecule has 3 aromatic rings. The quantitative estimate of drug-likeness (QED) is 0.184. The molecule has 2 aliphatic heterocycles. The summed E-state index contributed by atoms with van der Waals surface area (Å²) in [6.07, 6.45) is 5.34. The van der Waals surface area contributed by atoms with Crippen molar-refractivity contribution >= 4 is 62.7 Å². The lowest BCUT2D eigenvalue weighted by Gasteiger charge is -2.36. The molecule has 3 aromatic heterocycles. The van der Waals surface area contributed by atoms with Crippen molar-refractivity contribution in [2.24, 2.45) is 5.92 Å². The van der Waals surface area contributed by atoms with Gasteiger partial charge in [-0.05, 0) is 98.2 Å². The highest BCUT2D eigenvalue weighted by Gasteiger charge is 2.53. The minimum Gasteiger partial charge on any atom is -0.481 e. The number of carbonyl (C=O) groups is 4. The van der Waals surface area contributed by atoms with Crippen LogP contribution in [0.4, 0.5) is 0 Å². The van der Waals surface area contributed by atoms with Gasteiger partial charge in [0.1, 0.15) is 5.92 Å². The molecule has 5 heterocycles. The predicted molar refractivity (Wildman–Crippen MR) is 196 cm³/mol. The number of carboxylic acids is 2. The minimum atomic E-state index is -1.19. The van der Waals surface area contributed by atoms with Crippen molar-refractivity contribution in [3.8, 4) is 0 Å². The Balaban J connectivity index is 1.79. The highest BCUT2D eigenvalue weighted by Crippen LogP contribution is 2.52. The Morgan fingerprint density at radius 1 is 0.808 bits per heavy atom. The molecular formula is C40H40N4O8. The molecular weight excluding hydrogens is 664 g/mol. The van der Waals surface area contributed by atoms with Crippen molar-refractivity contribution in [1.82, 2.24) is 19.9 Å². The smallest absolute Gasteiger partial charge is 0.334 e. The third-order valence-electron chi connectivity index (χ3n) is 10.5. The number of carboxylic acid groups (broad SMARTS) is 2. The first kappa shape index (κ1) is 35.8. The lowest BCUT2D eigenvalue weighted by atomic mass is 9.64. The number of carbonyl (C=O) groups excluding carboxylic acids is 2. The number of esters is 2. The average Bonchev–Trinajstić information content (AvgIpc) is 3.76. The molecule has 2 atom stereocenters. The maximum absolute atomic E-state index is 13.6. The maximum atomic E-state index is 13.6. The number of H-pyrrole nitrogens is 2. The van der Waals surface area contributed by atoms with Gasteiger partial charge in [0.15, 0.2) is 0 Å². The molecule has 12 nitrogen and oxygen atoms in total. The van der Waals surface area contributed by atoms with Crippen LogP contribution in [-0.4, -0.2) is 68.2 Å². The molecule has 8 bridgehead atoms. The van der Waals surface area contributed by atoms with E-state index in [1.165, 1.54) is 14.2 Å². The number of rotatable bonds is 9. The summed E-state index contributed by atoms with van der Waals surface area (Å²) in [6.45, 7) is 11.6. The summed E-state index contributed by atoms with van der Waals surface area (Å²) in [4.78, 5) is 67.3. The Bertz CT molecular complexity index is 2360. The van der Waals surface area contributed by atoms with E-state index in [1.54, 1.807) is 18.2 Å². The number of aromatic nitrogens is 4. The van der Waals surface area contributed by atoms with Crippen molar-refractivity contribution < 1.29 is 38.9 Å². The van der Waals surface area contributed by atoms with Crippen LogP contribution in [0, 0.1) is 19.8 Å². The summed E-state index contributed by atoms with van der Waals surface area (Å²) in [7, 11) is 2.52. The number of ether oxygens (including phenoxy) is 2. The Kier molecular flexibility index (Phi) is 9.35. The van der Waals surface area contributed by atoms with E-state index in [0.29, 0.717) is 44.9 Å². The lowest BCUT2D eigenvalue weighted by molar-refractivity contribution is -0.149. The number of fused-ring (bicyclic) bond motifs is 11. The van der Waals surface area contributed by atoms with Gasteiger partial charge in [0.25, 0.3) is 0 Å². The summed E-state index contributed by atoms with van der Waals surface area (Å²) in [5.74, 6) is -4.31. The number of nitrogens with one attached hydrogen (secondary N) is 2. The molecule has 0 aromatic carbocycles. The van der Waals surface area contributed by atoms with Crippen molar-refractivity contribution in [3.63, 3.8) is 0 Å². The second-order valence-electron chi connectivity index (χ2n) is 13.3. The topological polar surface area (TPSA) is 185 Å². The summed E-state index contributed by atoms with van der Waals surface area (Å²) >= 11 is 0. The van der Waals surface area contributed by atoms with E-state index in [2.05, 4.69) is 16.5 Å². The SMILES string of the molecule is C=CC1=C(C)c2cc3nc(cc4[nH]c(cc5[nH]c(cc1n2)c(C)c5CCC(=O)O)c(CCC(=O)O)c4C)[C@@]1(C)C3=CC=C(C(=O)OC)C1C(=O)OC. The normalized spacial score (nSPS) is 17.9. The molecule has 0 radical (unpaired) electrons. The number of nitrogens with zero attached hydrogens (tertiary/aromatic N) is 2. The first-order valence-corrected chi connectivity index (χ1v) is 16.8. The number of aliphatic carboxylic acids is 2. The van der Waals surface area contributed by atoms with E-state index in [0.717, 1.165) is 38.9 Å². The Hall–Kier alpha value is -6.04. The van der Waals surface area contributed by atoms with Crippen LogP contribution < -0.4 is 0 Å². The van der Waals surface area contributed by atoms with Gasteiger partial charge < -0.3 is 29.7 Å². The van der Waals surface area contributed by atoms with Crippen molar-refractivity contribution in [2.45, 2.75) is 58.8 Å². The third-order valence-corrected chi connectivity index (χ3v) is 10.5. The van der Waals surface area contributed by atoms with Crippen LogP contribution in [0.3, 0.4) is 0 Å². The van der Waals surface area contributed by atoms with Gasteiger partial charge in [0.2, 0.25) is 0 Å². The van der Waals surface area contributed by atoms with Gasteiger partial charge in [-0.3, -0.25) is 19.4 Å². The number of methoxy groups -OCH3 is 2. The molecule has 12 heteroatoms. The van der Waals surface area contributed by atoms with E-state index in [4.69, 9.17) is 19.4 Å². The van der Waals surface area contributed by atoms with Crippen LogP contribution >= 0.6 is 0 Å². The van der Waals surface area contributed by atoms with Crippen LogP contribution in [0.25, 0.3) is 38.8 Å². The van der Waals surface area contributed by atoms with Crippen molar-refractivity contribution in [1.29, 1.82) is 0 Å². The van der Waals surface area contributed by atoms with Crippen LogP contribution in [0.5, 0.6) is 0 Å². The summed E-state index contributed by atoms with van der Waals surface area (Å²) < 4.78 is 10.4. The standard InChI is InChI=1S/C40H40N4O8/c1-8-22-19(2)28-16-33-26-12-9-25(38(49)51-6)37(39(50)52-7)40(26,5)34(44-33)18-29-21(4)24(11-14-36(47)48)32(43-29)17-31-23(10-13-35(45)46)20(3)27(42-31)15-30(22)41-28/h8-9,12,15-18,37,42-43H,1,10-11,13-14H2,2-7H3,(H,45,46)(H,47,48)/t37?,40-/m1/s1. The molecule has 268 valence electrons. The second kappa shape index (κ2) is 13.6. The number of allylic oxidation sites excluding steroid dienone is 6. The van der Waals surface area contributed by atoms with Crippen molar-refractivity contribution in [2.75, 3.05) is 14.2 Å². The fourth-order valence-electron chi connectivity index (χ4n) is 7.59. The minimum absolute atomic E-state index is 0.0887. The van der Waals surface area contributed by atoms with Gasteiger partial charge in [-0.1, -0.05) is 24.8 Å². The zero-order chi connectivity index (χ0) is 37.6. The Morgan fingerprint density at radius 2 is 1.40 bits per heavy atom. The van der Waals surface area contributed by atoms with Crippen LogP contribution in [-0.2, 0) is 46.9 Å². The molecule has 0 amide bonds. The highest BCUT2D eigenvalue weighted by atomic mass is 16.5. The molecule has 0 saturated heterocycles. The number of hydrogen-bond donors (Lipinski definition) is 4. The monoisotopic (exact) mass is 704 g/mol. The van der Waals surface area contributed by atoms with E-state index in [1.807, 2.05) is 52.0 Å². The molecule has 3 aliphatic rings. The fourth-order valence-corrected chi connectivity index (χ4v) is 7.59. The van der Waals surface area contributed by atoms with Gasteiger partial charge in [0.05, 0.1) is 48.0 Å². The Morgan fingerprint density at radius 3 is 1.94 bits per heavy atom. The van der Waals surface area contributed by atoms with E-state index in [-0.39, 0.29) is 31.3 Å². The van der Waals surface area contributed by atoms with E-state index < -0.39 is 35.2 Å². The third kappa shape index (κ3) is 5.93. The average molecular weight is 705 g/mol. The van der Waals surface area contributed by atoms with E-state index >= 15 is 0 Å². The van der Waals surface area contributed by atoms with Crippen LogP contribution in [0.2, 0.25) is 0 Å². The summed E-state index contributed by atoms with van der Waals surface area (Å²) in [6, 6.07) is 7.46. The molecule has 1 aliphatic carbocycles. The summed E-state index contributed by atoms with van der Waals surface area (Å²) in [5, 5.41) is 19.2. The number of hydrogen-bond acceptors (Lipinski definition) is 8. The van der Waals surface area contributed by atoms with Crippen LogP contribution in [0.1, 0.15) is 71.7 Å². The molecule has 4 N–H and O–H groups in total. The van der Waals surface area contributed by atoms with Gasteiger partial charge in [-0.25, -0.2) is 9.78 Å². The van der Waals surface area contributed by atoms with Crippen molar-refractivity contribution in [3.05, 3.63) is 99.7 Å². The van der Waals surface area contributed by atoms with Gasteiger partial charge in [-0.15, -0.1) is 0 Å². The predicted octanol–water partition coefficient (Wildman–Crippen LogP) is 6.33. The highest BCUT2D eigenvalue weighted by molar-refractivity contribution is 6.02. The van der Waals surface area contributed by atoms with Crippen LogP contribution in [0.15, 0.2) is 54.6 Å². The molecule has 0 saturated carbocycles.